The van der Waals surface area contributed by atoms with Gasteiger partial charge < -0.3 is 15.5 Å². The fraction of sp³-hybridized carbons (Fsp3) is 0.556. The normalized spacial score (nSPS) is 19.7. The number of carbonyl (C=O) groups excluding carboxylic acids is 2. The summed E-state index contributed by atoms with van der Waals surface area (Å²) < 4.78 is 0. The largest absolute Gasteiger partial charge is 0.341 e. The van der Waals surface area contributed by atoms with Gasteiger partial charge in [-0.1, -0.05) is 18.2 Å². The number of carbonyl (C=O) groups is 2. The average Bonchev–Trinajstić information content (AvgIpc) is 2.79. The Hall–Kier alpha value is -1.59. The van der Waals surface area contributed by atoms with E-state index < -0.39 is 0 Å². The minimum Gasteiger partial charge on any atom is -0.341 e. The van der Waals surface area contributed by atoms with E-state index in [9.17, 15) is 9.59 Å². The molecule has 0 spiro atoms. The molecule has 2 fully saturated rings. The topological polar surface area (TPSA) is 66.6 Å². The molecule has 1 aromatic carbocycles. The first-order valence-electron chi connectivity index (χ1n) is 8.48. The average molecular weight is 352 g/mol. The molecule has 5 nitrogen and oxygen atoms in total. The molecule has 1 aliphatic carbocycles. The maximum absolute atomic E-state index is 12.5. The minimum atomic E-state index is -0.275. The first-order chi connectivity index (χ1) is 11.1. The number of hydrogen-bond donors (Lipinski definition) is 1. The molecule has 2 aliphatic rings. The van der Waals surface area contributed by atoms with Crippen molar-refractivity contribution in [3.8, 4) is 0 Å². The van der Waals surface area contributed by atoms with Gasteiger partial charge in [-0.15, -0.1) is 12.4 Å². The zero-order chi connectivity index (χ0) is 16.3. The SMILES string of the molecule is Cl.NC1(CC(=O)N2CCCN(C(=O)c3ccccc3)CC2)CCC1. The highest BCUT2D eigenvalue weighted by atomic mass is 35.5. The summed E-state index contributed by atoms with van der Waals surface area (Å²) in [6.07, 6.45) is 4.29. The summed E-state index contributed by atoms with van der Waals surface area (Å²) in [5.41, 5.74) is 6.62. The van der Waals surface area contributed by atoms with Crippen LogP contribution in [0, 0.1) is 0 Å². The molecule has 6 heteroatoms. The van der Waals surface area contributed by atoms with Gasteiger partial charge in [-0.25, -0.2) is 0 Å². The molecule has 1 saturated carbocycles. The van der Waals surface area contributed by atoms with Crippen LogP contribution in [0.1, 0.15) is 42.5 Å². The summed E-state index contributed by atoms with van der Waals surface area (Å²) in [4.78, 5) is 28.7. The van der Waals surface area contributed by atoms with E-state index in [1.165, 1.54) is 0 Å². The molecule has 1 aromatic rings. The van der Waals surface area contributed by atoms with Crippen molar-refractivity contribution in [3.05, 3.63) is 35.9 Å². The predicted molar refractivity (Wildman–Crippen MR) is 96.2 cm³/mol. The molecule has 1 heterocycles. The van der Waals surface area contributed by atoms with Crippen LogP contribution in [0.3, 0.4) is 0 Å². The van der Waals surface area contributed by atoms with Gasteiger partial charge in [0, 0.05) is 43.7 Å². The molecule has 0 unspecified atom stereocenters. The number of nitrogens with zero attached hydrogens (tertiary/aromatic N) is 2. The van der Waals surface area contributed by atoms with E-state index >= 15 is 0 Å². The van der Waals surface area contributed by atoms with Crippen LogP contribution in [0.2, 0.25) is 0 Å². The van der Waals surface area contributed by atoms with Gasteiger partial charge in [-0.3, -0.25) is 9.59 Å². The molecular formula is C18H26ClN3O2. The Morgan fingerprint density at radius 1 is 0.958 bits per heavy atom. The monoisotopic (exact) mass is 351 g/mol. The number of nitrogens with two attached hydrogens (primary N) is 1. The summed E-state index contributed by atoms with van der Waals surface area (Å²) in [6, 6.07) is 9.33. The van der Waals surface area contributed by atoms with Crippen molar-refractivity contribution in [2.45, 2.75) is 37.6 Å². The van der Waals surface area contributed by atoms with Crippen molar-refractivity contribution in [1.29, 1.82) is 0 Å². The molecule has 24 heavy (non-hydrogen) atoms. The minimum absolute atomic E-state index is 0. The summed E-state index contributed by atoms with van der Waals surface area (Å²) in [5, 5.41) is 0. The molecule has 1 aliphatic heterocycles. The molecule has 2 N–H and O–H groups in total. The quantitative estimate of drug-likeness (QED) is 0.906. The Labute approximate surface area is 149 Å². The third-order valence-corrected chi connectivity index (χ3v) is 5.01. The maximum Gasteiger partial charge on any atom is 0.253 e. The lowest BCUT2D eigenvalue weighted by molar-refractivity contribution is -0.133. The second-order valence-electron chi connectivity index (χ2n) is 6.79. The van der Waals surface area contributed by atoms with Crippen LogP contribution in [0.5, 0.6) is 0 Å². The van der Waals surface area contributed by atoms with E-state index in [1.807, 2.05) is 40.1 Å². The lowest BCUT2D eigenvalue weighted by Gasteiger charge is -2.38. The molecule has 2 amide bonds. The number of benzene rings is 1. The van der Waals surface area contributed by atoms with Crippen LogP contribution in [0.4, 0.5) is 0 Å². The Kier molecular flexibility index (Phi) is 6.24. The van der Waals surface area contributed by atoms with Gasteiger partial charge in [0.05, 0.1) is 0 Å². The Morgan fingerprint density at radius 3 is 2.21 bits per heavy atom. The van der Waals surface area contributed by atoms with E-state index in [1.54, 1.807) is 0 Å². The van der Waals surface area contributed by atoms with Crippen molar-refractivity contribution in [3.63, 3.8) is 0 Å². The predicted octanol–water partition coefficient (Wildman–Crippen LogP) is 2.05. The van der Waals surface area contributed by atoms with Crippen LogP contribution in [0.15, 0.2) is 30.3 Å². The Morgan fingerprint density at radius 2 is 1.58 bits per heavy atom. The van der Waals surface area contributed by atoms with Crippen molar-refractivity contribution in [2.75, 3.05) is 26.2 Å². The van der Waals surface area contributed by atoms with Crippen molar-refractivity contribution < 1.29 is 9.59 Å². The molecule has 0 aromatic heterocycles. The van der Waals surface area contributed by atoms with E-state index in [4.69, 9.17) is 5.73 Å². The number of amides is 2. The highest BCUT2D eigenvalue weighted by Crippen LogP contribution is 2.32. The van der Waals surface area contributed by atoms with E-state index in [2.05, 4.69) is 0 Å². The third-order valence-electron chi connectivity index (χ3n) is 5.01. The molecule has 3 rings (SSSR count). The lowest BCUT2D eigenvalue weighted by Crippen LogP contribution is -2.51. The number of hydrogen-bond acceptors (Lipinski definition) is 3. The van der Waals surface area contributed by atoms with Gasteiger partial charge in [0.1, 0.15) is 0 Å². The second kappa shape index (κ2) is 7.99. The Balaban J connectivity index is 0.00000208. The van der Waals surface area contributed by atoms with Gasteiger partial charge in [0.2, 0.25) is 5.91 Å². The second-order valence-corrected chi connectivity index (χ2v) is 6.79. The van der Waals surface area contributed by atoms with Crippen LogP contribution >= 0.6 is 12.4 Å². The molecule has 1 saturated heterocycles. The van der Waals surface area contributed by atoms with E-state index in [0.717, 1.165) is 25.7 Å². The molecule has 0 bridgehead atoms. The summed E-state index contributed by atoms with van der Waals surface area (Å²) >= 11 is 0. The van der Waals surface area contributed by atoms with Crippen LogP contribution in [-0.4, -0.2) is 53.3 Å². The van der Waals surface area contributed by atoms with Gasteiger partial charge in [-0.2, -0.15) is 0 Å². The highest BCUT2D eigenvalue weighted by molar-refractivity contribution is 5.94. The van der Waals surface area contributed by atoms with Gasteiger partial charge in [0.15, 0.2) is 0 Å². The molecule has 0 radical (unpaired) electrons. The first-order valence-corrected chi connectivity index (χ1v) is 8.48. The van der Waals surface area contributed by atoms with Crippen molar-refractivity contribution >= 4 is 24.2 Å². The van der Waals surface area contributed by atoms with Crippen molar-refractivity contribution in [1.82, 2.24) is 9.80 Å². The van der Waals surface area contributed by atoms with E-state index in [-0.39, 0.29) is 29.8 Å². The molecular weight excluding hydrogens is 326 g/mol. The zero-order valence-corrected chi connectivity index (χ0v) is 14.8. The van der Waals surface area contributed by atoms with Gasteiger partial charge >= 0.3 is 0 Å². The maximum atomic E-state index is 12.5. The van der Waals surface area contributed by atoms with E-state index in [0.29, 0.717) is 38.2 Å². The zero-order valence-electron chi connectivity index (χ0n) is 13.9. The number of halogens is 1. The summed E-state index contributed by atoms with van der Waals surface area (Å²) in [5.74, 6) is 0.190. The van der Waals surface area contributed by atoms with Gasteiger partial charge in [-0.05, 0) is 37.8 Å². The standard InChI is InChI=1S/C18H25N3O2.ClH/c19-18(8-4-9-18)14-16(22)20-10-5-11-21(13-12-20)17(23)15-6-2-1-3-7-15;/h1-3,6-7H,4-5,8-14,19H2;1H. The smallest absolute Gasteiger partial charge is 0.253 e. The Bertz CT molecular complexity index is 575. The van der Waals surface area contributed by atoms with Crippen LogP contribution in [0.25, 0.3) is 0 Å². The van der Waals surface area contributed by atoms with Crippen LogP contribution in [-0.2, 0) is 4.79 Å². The van der Waals surface area contributed by atoms with Crippen molar-refractivity contribution in [2.24, 2.45) is 5.73 Å². The first kappa shape index (κ1) is 18.7. The summed E-state index contributed by atoms with van der Waals surface area (Å²) in [6.45, 7) is 2.61. The van der Waals surface area contributed by atoms with Crippen LogP contribution < -0.4 is 5.73 Å². The van der Waals surface area contributed by atoms with Gasteiger partial charge in [0.25, 0.3) is 5.91 Å². The number of rotatable bonds is 3. The molecule has 0 atom stereocenters. The lowest BCUT2D eigenvalue weighted by atomic mass is 9.75. The fourth-order valence-corrected chi connectivity index (χ4v) is 3.35. The highest BCUT2D eigenvalue weighted by Gasteiger charge is 2.36. The fourth-order valence-electron chi connectivity index (χ4n) is 3.35. The summed E-state index contributed by atoms with van der Waals surface area (Å²) in [7, 11) is 0. The molecule has 132 valence electrons. The third kappa shape index (κ3) is 4.28.